The normalized spacial score (nSPS) is 22.6. The number of aryl methyl sites for hydroxylation is 2. The van der Waals surface area contributed by atoms with Crippen LogP contribution in [0.3, 0.4) is 0 Å². The van der Waals surface area contributed by atoms with E-state index in [1.54, 1.807) is 62.0 Å². The maximum atomic E-state index is 14.0. The molecule has 10 rings (SSSR count). The summed E-state index contributed by atoms with van der Waals surface area (Å²) in [6.07, 6.45) is -0.103. The fraction of sp³-hybridized carbons (Fsp3) is 0.224. The molecule has 4 aliphatic heterocycles. The highest BCUT2D eigenvalue weighted by atomic mass is 32.2. The fourth-order valence-corrected chi connectivity index (χ4v) is 11.9. The minimum absolute atomic E-state index is 0.134. The molecule has 308 valence electrons. The number of methoxy groups -OCH3 is 2. The molecule has 12 heteroatoms. The summed E-state index contributed by atoms with van der Waals surface area (Å²) in [6.45, 7) is 4.21. The van der Waals surface area contributed by atoms with Crippen molar-refractivity contribution in [1.82, 2.24) is 0 Å². The van der Waals surface area contributed by atoms with Crippen LogP contribution in [0.1, 0.15) is 67.5 Å². The molecule has 0 saturated carbocycles. The number of fused-ring (bicyclic) bond motifs is 2. The maximum absolute atomic E-state index is 14.0. The number of oxime groups is 2. The Morgan fingerprint density at radius 2 is 0.967 bits per heavy atom. The summed E-state index contributed by atoms with van der Waals surface area (Å²) in [7, 11) is 3.42. The molecule has 2 saturated heterocycles. The van der Waals surface area contributed by atoms with Gasteiger partial charge in [0.15, 0.2) is 23.9 Å². The van der Waals surface area contributed by atoms with Gasteiger partial charge >= 0.3 is 0 Å². The van der Waals surface area contributed by atoms with Gasteiger partial charge in [-0.2, -0.15) is 0 Å². The second kappa shape index (κ2) is 16.1. The lowest BCUT2D eigenvalue weighted by molar-refractivity contribution is 0.0880. The van der Waals surface area contributed by atoms with Crippen LogP contribution >= 0.6 is 23.5 Å². The molecular formula is C49H42F2N4O4S2. The van der Waals surface area contributed by atoms with Crippen molar-refractivity contribution in [1.29, 1.82) is 0 Å². The van der Waals surface area contributed by atoms with Crippen LogP contribution < -0.4 is 19.3 Å². The first-order valence-electron chi connectivity index (χ1n) is 20.1. The first-order chi connectivity index (χ1) is 29.8. The number of thioether (sulfide) groups is 2. The molecule has 8 nitrogen and oxygen atoms in total. The molecule has 6 aromatic carbocycles. The van der Waals surface area contributed by atoms with E-state index in [-0.39, 0.29) is 45.1 Å². The number of anilines is 2. The van der Waals surface area contributed by atoms with Crippen molar-refractivity contribution >= 4 is 46.6 Å². The molecule has 0 aromatic heterocycles. The van der Waals surface area contributed by atoms with Crippen LogP contribution in [0, 0.1) is 25.5 Å². The molecule has 0 bridgehead atoms. The number of hydrogen-bond acceptors (Lipinski definition) is 10. The highest BCUT2D eigenvalue weighted by molar-refractivity contribution is 8.01. The van der Waals surface area contributed by atoms with Gasteiger partial charge in [0, 0.05) is 22.5 Å². The number of benzene rings is 6. The highest BCUT2D eigenvalue weighted by Crippen LogP contribution is 2.57. The third kappa shape index (κ3) is 7.05. The van der Waals surface area contributed by atoms with Crippen molar-refractivity contribution in [2.75, 3.05) is 24.0 Å². The molecular weight excluding hydrogens is 811 g/mol. The first kappa shape index (κ1) is 39.2. The van der Waals surface area contributed by atoms with Gasteiger partial charge < -0.3 is 28.9 Å². The van der Waals surface area contributed by atoms with E-state index >= 15 is 0 Å². The predicted octanol–water partition coefficient (Wildman–Crippen LogP) is 11.6. The van der Waals surface area contributed by atoms with Gasteiger partial charge in [-0.05, 0) is 114 Å². The Labute approximate surface area is 362 Å². The summed E-state index contributed by atoms with van der Waals surface area (Å²) in [6, 6.07) is 42.4. The lowest BCUT2D eigenvalue weighted by Crippen LogP contribution is -2.31. The molecule has 6 aromatic rings. The van der Waals surface area contributed by atoms with Crippen LogP contribution in [-0.4, -0.2) is 36.4 Å². The van der Waals surface area contributed by atoms with Crippen molar-refractivity contribution in [3.8, 4) is 11.5 Å². The number of nitrogens with zero attached hydrogens (tertiary/aromatic N) is 4. The average molecular weight is 853 g/mol. The van der Waals surface area contributed by atoms with E-state index in [2.05, 4.69) is 94.6 Å². The van der Waals surface area contributed by atoms with Gasteiger partial charge in [-0.3, -0.25) is 0 Å². The second-order valence-electron chi connectivity index (χ2n) is 15.5. The van der Waals surface area contributed by atoms with Crippen molar-refractivity contribution < 1.29 is 27.9 Å². The quantitative estimate of drug-likeness (QED) is 0.135. The van der Waals surface area contributed by atoms with E-state index in [1.165, 1.54) is 24.3 Å². The number of amidine groups is 2. The zero-order valence-corrected chi connectivity index (χ0v) is 35.5. The third-order valence-corrected chi connectivity index (χ3v) is 14.7. The van der Waals surface area contributed by atoms with E-state index in [1.807, 2.05) is 24.3 Å². The molecule has 0 aliphatic carbocycles. The number of halogens is 2. The van der Waals surface area contributed by atoms with Crippen LogP contribution in [0.25, 0.3) is 0 Å². The second-order valence-corrected chi connectivity index (χ2v) is 18.0. The average Bonchev–Trinajstić information content (AvgIpc) is 4.06. The first-order valence-corrected chi connectivity index (χ1v) is 22.0. The van der Waals surface area contributed by atoms with Crippen molar-refractivity contribution in [3.63, 3.8) is 0 Å². The van der Waals surface area contributed by atoms with E-state index < -0.39 is 0 Å². The van der Waals surface area contributed by atoms with Crippen LogP contribution in [0.5, 0.6) is 11.5 Å². The van der Waals surface area contributed by atoms with E-state index in [9.17, 15) is 8.78 Å². The summed E-state index contributed by atoms with van der Waals surface area (Å²) in [5.41, 5.74) is 10.3. The van der Waals surface area contributed by atoms with Gasteiger partial charge in [-0.25, -0.2) is 8.78 Å². The Hall–Kier alpha value is -5.98. The molecule has 4 aliphatic rings. The van der Waals surface area contributed by atoms with Gasteiger partial charge in [-0.1, -0.05) is 83.1 Å². The van der Waals surface area contributed by atoms with Gasteiger partial charge in [0.2, 0.25) is 0 Å². The smallest absolute Gasteiger partial charge is 0.171 e. The van der Waals surface area contributed by atoms with Crippen LogP contribution in [0.2, 0.25) is 0 Å². The molecule has 6 unspecified atom stereocenters. The zero-order valence-electron chi connectivity index (χ0n) is 33.9. The molecule has 0 spiro atoms. The SMILES string of the molecule is COc1ccc(Cc2ccc(OC)c(C3SC4C(=NOC4c4ccc(F)cc4)N3c3ccccc3C)c2)cc1C1SC2C(=NOC2c2ccc(F)cc2)N1c1ccccc1C. The Morgan fingerprint density at radius 1 is 0.557 bits per heavy atom. The van der Waals surface area contributed by atoms with Gasteiger partial charge in [0.1, 0.15) is 44.4 Å². The lowest BCUT2D eigenvalue weighted by Gasteiger charge is -2.29. The van der Waals surface area contributed by atoms with Crippen LogP contribution in [0.4, 0.5) is 20.2 Å². The number of para-hydroxylation sites is 2. The Kier molecular flexibility index (Phi) is 10.4. The van der Waals surface area contributed by atoms with Crippen molar-refractivity contribution in [2.24, 2.45) is 10.3 Å². The lowest BCUT2D eigenvalue weighted by atomic mass is 9.98. The molecule has 0 N–H and O–H groups in total. The summed E-state index contributed by atoms with van der Waals surface area (Å²) in [4.78, 5) is 16.7. The van der Waals surface area contributed by atoms with Gasteiger partial charge in [-0.15, -0.1) is 23.5 Å². The van der Waals surface area contributed by atoms with Crippen molar-refractivity contribution in [3.05, 3.63) is 190 Å². The van der Waals surface area contributed by atoms with Gasteiger partial charge in [0.25, 0.3) is 0 Å². The van der Waals surface area contributed by atoms with E-state index in [0.717, 1.165) is 79.1 Å². The molecule has 4 heterocycles. The molecule has 0 radical (unpaired) electrons. The summed E-state index contributed by atoms with van der Waals surface area (Å²) >= 11 is 3.52. The largest absolute Gasteiger partial charge is 0.496 e. The van der Waals surface area contributed by atoms with Crippen molar-refractivity contribution in [2.45, 2.75) is 53.7 Å². The zero-order chi connectivity index (χ0) is 41.8. The molecule has 61 heavy (non-hydrogen) atoms. The Morgan fingerprint density at radius 3 is 1.36 bits per heavy atom. The fourth-order valence-electron chi connectivity index (χ4n) is 8.75. The van der Waals surface area contributed by atoms with E-state index in [0.29, 0.717) is 6.42 Å². The third-order valence-electron chi connectivity index (χ3n) is 11.8. The Bertz CT molecular complexity index is 2500. The van der Waals surface area contributed by atoms with Crippen LogP contribution in [-0.2, 0) is 16.1 Å². The predicted molar refractivity (Wildman–Crippen MR) is 240 cm³/mol. The minimum atomic E-state index is -0.375. The summed E-state index contributed by atoms with van der Waals surface area (Å²) < 4.78 is 40.1. The van der Waals surface area contributed by atoms with E-state index in [4.69, 9.17) is 19.1 Å². The van der Waals surface area contributed by atoms with Gasteiger partial charge in [0.05, 0.1) is 14.2 Å². The standard InChI is InChI=1S/C49H42F2N4O4S2/c1-28-9-5-7-11-38(28)54-46-44(42(58-52-46)32-15-19-34(50)20-16-32)60-48(54)36-26-30(13-23-40(36)56-3)25-31-14-24-41(57-4)37(27-31)49-55(39-12-8-6-10-29(39)2)47-45(61-49)43(59-53-47)33-17-21-35(51)22-18-33/h5-24,26-27,42-45,48-49H,25H2,1-4H3. The number of hydrogen-bond donors (Lipinski definition) is 0. The minimum Gasteiger partial charge on any atom is -0.496 e. The molecule has 2 fully saturated rings. The number of rotatable bonds is 10. The molecule has 6 atom stereocenters. The number of ether oxygens (including phenoxy) is 2. The Balaban J connectivity index is 1.00. The maximum Gasteiger partial charge on any atom is 0.171 e. The highest BCUT2D eigenvalue weighted by Gasteiger charge is 2.52. The topological polar surface area (TPSA) is 68.1 Å². The molecule has 0 amide bonds. The summed E-state index contributed by atoms with van der Waals surface area (Å²) in [5, 5.41) is 8.71. The summed E-state index contributed by atoms with van der Waals surface area (Å²) in [5.74, 6) is 2.60. The monoisotopic (exact) mass is 852 g/mol. The van der Waals surface area contributed by atoms with Crippen LogP contribution in [0.15, 0.2) is 144 Å².